The Morgan fingerprint density at radius 2 is 1.80 bits per heavy atom. The number of likely N-dealkylation sites (N-methyl/N-ethyl adjacent to an activating group) is 1. The lowest BCUT2D eigenvalue weighted by Crippen LogP contribution is -2.50. The molecule has 2 amide bonds. The average Bonchev–Trinajstić information content (AvgIpc) is 2.62. The third kappa shape index (κ3) is 8.37. The van der Waals surface area contributed by atoms with Crippen molar-refractivity contribution in [3.8, 4) is 5.75 Å². The van der Waals surface area contributed by atoms with E-state index < -0.39 is 0 Å². The summed E-state index contributed by atoms with van der Waals surface area (Å²) >= 11 is 0. The average molecular weight is 353 g/mol. The highest BCUT2D eigenvalue weighted by atomic mass is 16.5. The molecule has 25 heavy (non-hydrogen) atoms. The van der Waals surface area contributed by atoms with Crippen LogP contribution in [0.4, 0.5) is 4.79 Å². The van der Waals surface area contributed by atoms with E-state index in [2.05, 4.69) is 17.3 Å². The zero-order valence-electron chi connectivity index (χ0n) is 14.8. The van der Waals surface area contributed by atoms with E-state index >= 15 is 0 Å². The van der Waals surface area contributed by atoms with Crippen molar-refractivity contribution in [3.05, 3.63) is 29.8 Å². The van der Waals surface area contributed by atoms with Crippen LogP contribution in [0.25, 0.3) is 0 Å². The first kappa shape index (κ1) is 20.7. The number of piperazine rings is 1. The fraction of sp³-hybridized carbons (Fsp3) is 0.529. The third-order valence-corrected chi connectivity index (χ3v) is 3.71. The zero-order chi connectivity index (χ0) is 18.5. The number of nitrogens with one attached hydrogen (secondary N) is 1. The highest BCUT2D eigenvalue weighted by Gasteiger charge is 2.18. The largest absolute Gasteiger partial charge is 0.491 e. The number of carbonyl (C=O) groups excluding carboxylic acids is 1. The first-order chi connectivity index (χ1) is 12.1. The Bertz CT molecular complexity index is 502. The minimum absolute atomic E-state index is 0.00789. The van der Waals surface area contributed by atoms with Crippen LogP contribution in [0.2, 0.25) is 0 Å². The van der Waals surface area contributed by atoms with Crippen molar-refractivity contribution in [2.45, 2.75) is 6.54 Å². The Balaban J connectivity index is 0.000000970. The lowest BCUT2D eigenvalue weighted by Gasteiger charge is -2.32. The Morgan fingerprint density at radius 3 is 2.36 bits per heavy atom. The standard InChI is InChI=1S/C16H25N3O3.CH2O2/c1-18-7-9-19(10-8-18)16(20)17-13-14-3-5-15(6-4-14)22-12-11-21-2;2-1-3/h3-6H,7-13H2,1-2H3,(H,17,20);1H,(H,2,3). The fourth-order valence-corrected chi connectivity index (χ4v) is 2.25. The van der Waals surface area contributed by atoms with Crippen molar-refractivity contribution in [3.63, 3.8) is 0 Å². The molecule has 2 rings (SSSR count). The quantitative estimate of drug-likeness (QED) is 0.582. The van der Waals surface area contributed by atoms with Gasteiger partial charge in [0, 0.05) is 39.8 Å². The number of rotatable bonds is 6. The Hall–Kier alpha value is -2.32. The molecule has 8 nitrogen and oxygen atoms in total. The maximum atomic E-state index is 12.1. The van der Waals surface area contributed by atoms with Crippen LogP contribution < -0.4 is 10.1 Å². The van der Waals surface area contributed by atoms with Crippen LogP contribution in [-0.2, 0) is 16.1 Å². The van der Waals surface area contributed by atoms with Gasteiger partial charge in [0.15, 0.2) is 0 Å². The molecule has 0 aliphatic carbocycles. The summed E-state index contributed by atoms with van der Waals surface area (Å²) in [7, 11) is 3.72. The smallest absolute Gasteiger partial charge is 0.317 e. The fourth-order valence-electron chi connectivity index (χ4n) is 2.25. The number of ether oxygens (including phenoxy) is 2. The molecule has 8 heteroatoms. The number of carbonyl (C=O) groups is 2. The summed E-state index contributed by atoms with van der Waals surface area (Å²) in [6.45, 7) is 4.83. The molecule has 0 unspecified atom stereocenters. The van der Waals surface area contributed by atoms with Gasteiger partial charge in [-0.3, -0.25) is 4.79 Å². The molecule has 1 aromatic carbocycles. The van der Waals surface area contributed by atoms with Crippen LogP contribution in [0.5, 0.6) is 5.75 Å². The monoisotopic (exact) mass is 353 g/mol. The van der Waals surface area contributed by atoms with Crippen molar-refractivity contribution >= 4 is 12.5 Å². The van der Waals surface area contributed by atoms with Gasteiger partial charge in [-0.1, -0.05) is 12.1 Å². The third-order valence-electron chi connectivity index (χ3n) is 3.71. The van der Waals surface area contributed by atoms with E-state index in [1.54, 1.807) is 7.11 Å². The van der Waals surface area contributed by atoms with Crippen LogP contribution in [-0.4, -0.2) is 81.0 Å². The second-order valence-corrected chi connectivity index (χ2v) is 5.54. The van der Waals surface area contributed by atoms with Gasteiger partial charge < -0.3 is 29.7 Å². The number of carboxylic acid groups (broad SMARTS) is 1. The molecule has 0 atom stereocenters. The van der Waals surface area contributed by atoms with Crippen LogP contribution in [0, 0.1) is 0 Å². The molecular weight excluding hydrogens is 326 g/mol. The number of urea groups is 1. The van der Waals surface area contributed by atoms with Gasteiger partial charge in [-0.05, 0) is 24.7 Å². The summed E-state index contributed by atoms with van der Waals surface area (Å²) in [6.07, 6.45) is 0. The summed E-state index contributed by atoms with van der Waals surface area (Å²) in [6, 6.07) is 7.76. The minimum atomic E-state index is -0.250. The maximum absolute atomic E-state index is 12.1. The molecule has 0 bridgehead atoms. The number of methoxy groups -OCH3 is 1. The lowest BCUT2D eigenvalue weighted by atomic mass is 10.2. The molecule has 1 aromatic rings. The minimum Gasteiger partial charge on any atom is -0.491 e. The van der Waals surface area contributed by atoms with Gasteiger partial charge in [0.25, 0.3) is 6.47 Å². The van der Waals surface area contributed by atoms with Crippen LogP contribution in [0.15, 0.2) is 24.3 Å². The highest BCUT2D eigenvalue weighted by Crippen LogP contribution is 2.12. The SMILES string of the molecule is COCCOc1ccc(CNC(=O)N2CCN(C)CC2)cc1.O=CO. The van der Waals surface area contributed by atoms with Crippen molar-refractivity contribution in [2.75, 3.05) is 53.6 Å². The van der Waals surface area contributed by atoms with Crippen LogP contribution >= 0.6 is 0 Å². The molecular formula is C17H27N3O5. The maximum Gasteiger partial charge on any atom is 0.317 e. The van der Waals surface area contributed by atoms with Crippen LogP contribution in [0.3, 0.4) is 0 Å². The van der Waals surface area contributed by atoms with Gasteiger partial charge in [-0.2, -0.15) is 0 Å². The van der Waals surface area contributed by atoms with Gasteiger partial charge in [-0.15, -0.1) is 0 Å². The summed E-state index contributed by atoms with van der Waals surface area (Å²) in [5.74, 6) is 0.811. The van der Waals surface area contributed by atoms with Gasteiger partial charge in [0.2, 0.25) is 0 Å². The summed E-state index contributed by atoms with van der Waals surface area (Å²) in [5.41, 5.74) is 1.06. The lowest BCUT2D eigenvalue weighted by molar-refractivity contribution is -0.122. The summed E-state index contributed by atoms with van der Waals surface area (Å²) in [4.78, 5) is 24.5. The highest BCUT2D eigenvalue weighted by molar-refractivity contribution is 5.74. The number of nitrogens with zero attached hydrogens (tertiary/aromatic N) is 2. The molecule has 1 heterocycles. The second kappa shape index (κ2) is 12.1. The number of hydrogen-bond acceptors (Lipinski definition) is 5. The van der Waals surface area contributed by atoms with Crippen molar-refractivity contribution in [1.82, 2.24) is 15.1 Å². The molecule has 0 aromatic heterocycles. The molecule has 0 radical (unpaired) electrons. The molecule has 1 saturated heterocycles. The predicted octanol–water partition coefficient (Wildman–Crippen LogP) is 0.870. The summed E-state index contributed by atoms with van der Waals surface area (Å²) < 4.78 is 10.4. The number of hydrogen-bond donors (Lipinski definition) is 2. The Kier molecular flexibility index (Phi) is 10.0. The normalized spacial score (nSPS) is 14.2. The number of amides is 2. The van der Waals surface area contributed by atoms with E-state index in [0.29, 0.717) is 19.8 Å². The van der Waals surface area contributed by atoms with Crippen molar-refractivity contribution in [1.29, 1.82) is 0 Å². The molecule has 0 saturated carbocycles. The first-order valence-corrected chi connectivity index (χ1v) is 8.10. The van der Waals surface area contributed by atoms with E-state index in [9.17, 15) is 4.79 Å². The predicted molar refractivity (Wildman–Crippen MR) is 93.8 cm³/mol. The van der Waals surface area contributed by atoms with E-state index in [0.717, 1.165) is 37.5 Å². The number of benzene rings is 1. The Morgan fingerprint density at radius 1 is 1.20 bits per heavy atom. The van der Waals surface area contributed by atoms with Crippen molar-refractivity contribution < 1.29 is 24.2 Å². The molecule has 1 fully saturated rings. The molecule has 1 aliphatic rings. The topological polar surface area (TPSA) is 91.3 Å². The Labute approximate surface area is 148 Å². The van der Waals surface area contributed by atoms with Crippen LogP contribution in [0.1, 0.15) is 5.56 Å². The van der Waals surface area contributed by atoms with Gasteiger partial charge in [0.05, 0.1) is 6.61 Å². The van der Waals surface area contributed by atoms with E-state index in [4.69, 9.17) is 19.4 Å². The van der Waals surface area contributed by atoms with Gasteiger partial charge in [0.1, 0.15) is 12.4 Å². The van der Waals surface area contributed by atoms with E-state index in [1.165, 1.54) is 0 Å². The molecule has 2 N–H and O–H groups in total. The second-order valence-electron chi connectivity index (χ2n) is 5.54. The molecule has 0 spiro atoms. The van der Waals surface area contributed by atoms with Gasteiger partial charge in [-0.25, -0.2) is 4.79 Å². The molecule has 1 aliphatic heterocycles. The summed E-state index contributed by atoms with van der Waals surface area (Å²) in [5, 5.41) is 9.85. The van der Waals surface area contributed by atoms with E-state index in [-0.39, 0.29) is 12.5 Å². The first-order valence-electron chi connectivity index (χ1n) is 8.10. The van der Waals surface area contributed by atoms with Crippen molar-refractivity contribution in [2.24, 2.45) is 0 Å². The van der Waals surface area contributed by atoms with Gasteiger partial charge >= 0.3 is 6.03 Å². The van der Waals surface area contributed by atoms with E-state index in [1.807, 2.05) is 29.2 Å². The molecule has 140 valence electrons. The zero-order valence-corrected chi connectivity index (χ0v) is 14.8.